The van der Waals surface area contributed by atoms with E-state index < -0.39 is 17.0 Å². The van der Waals surface area contributed by atoms with Crippen LogP contribution in [0, 0.1) is 0 Å². The van der Waals surface area contributed by atoms with E-state index in [1.54, 1.807) is 30.3 Å². The first-order valence-electron chi connectivity index (χ1n) is 9.36. The van der Waals surface area contributed by atoms with Gasteiger partial charge in [0.2, 0.25) is 5.91 Å². The van der Waals surface area contributed by atoms with Crippen LogP contribution in [0.1, 0.15) is 28.6 Å². The van der Waals surface area contributed by atoms with Crippen LogP contribution >= 0.6 is 23.1 Å². The summed E-state index contributed by atoms with van der Waals surface area (Å²) in [6, 6.07) is 15.2. The van der Waals surface area contributed by atoms with E-state index >= 15 is 0 Å². The van der Waals surface area contributed by atoms with E-state index in [1.807, 2.05) is 18.4 Å². The van der Waals surface area contributed by atoms with Crippen molar-refractivity contribution in [3.63, 3.8) is 0 Å². The van der Waals surface area contributed by atoms with Gasteiger partial charge in [0.25, 0.3) is 5.91 Å². The van der Waals surface area contributed by atoms with Crippen LogP contribution in [-0.4, -0.2) is 17.1 Å². The zero-order valence-corrected chi connectivity index (χ0v) is 18.0. The Morgan fingerprint density at radius 1 is 1.00 bits per heavy atom. The van der Waals surface area contributed by atoms with E-state index in [4.69, 9.17) is 0 Å². The molecule has 0 saturated heterocycles. The molecule has 0 aliphatic rings. The molecule has 31 heavy (non-hydrogen) atoms. The lowest BCUT2D eigenvalue weighted by Crippen LogP contribution is -2.24. The van der Waals surface area contributed by atoms with Gasteiger partial charge in [-0.3, -0.25) is 9.59 Å². The second kappa shape index (κ2) is 10.0. The lowest BCUT2D eigenvalue weighted by atomic mass is 10.2. The van der Waals surface area contributed by atoms with Gasteiger partial charge in [0, 0.05) is 16.3 Å². The molecule has 4 nitrogen and oxygen atoms in total. The van der Waals surface area contributed by atoms with Crippen LogP contribution in [0.2, 0.25) is 0 Å². The van der Waals surface area contributed by atoms with Gasteiger partial charge >= 0.3 is 6.18 Å². The van der Waals surface area contributed by atoms with Crippen LogP contribution in [0.4, 0.5) is 24.5 Å². The Kier molecular flexibility index (Phi) is 7.40. The third kappa shape index (κ3) is 6.35. The maximum atomic E-state index is 12.9. The molecule has 0 fully saturated rings. The van der Waals surface area contributed by atoms with Gasteiger partial charge in [0.1, 0.15) is 0 Å². The molecular weight excluding hydrogens is 445 g/mol. The Bertz CT molecular complexity index is 1050. The molecule has 0 bridgehead atoms. The van der Waals surface area contributed by atoms with E-state index in [9.17, 15) is 22.8 Å². The van der Waals surface area contributed by atoms with Crippen molar-refractivity contribution in [2.45, 2.75) is 29.7 Å². The van der Waals surface area contributed by atoms with Crippen LogP contribution < -0.4 is 10.6 Å². The van der Waals surface area contributed by atoms with Crippen LogP contribution in [0.15, 0.2) is 70.9 Å². The molecule has 0 spiro atoms. The molecule has 0 aliphatic heterocycles. The molecule has 1 aromatic heterocycles. The maximum absolute atomic E-state index is 12.9. The molecule has 162 valence electrons. The molecule has 0 saturated carbocycles. The number of thiophene rings is 1. The smallest absolute Gasteiger partial charge is 0.325 e. The van der Waals surface area contributed by atoms with E-state index in [0.717, 1.165) is 17.0 Å². The Morgan fingerprint density at radius 3 is 2.35 bits per heavy atom. The lowest BCUT2D eigenvalue weighted by Gasteiger charge is -2.16. The van der Waals surface area contributed by atoms with Gasteiger partial charge in [-0.15, -0.1) is 23.1 Å². The standard InChI is InChI=1S/C22H19F3N2O2S2/c1-2-18(20(28)26-15-7-3-6-14(12-15)22(23,24)25)31-17-9-4-8-16(13-17)27-21(29)19-10-5-11-30-19/h3-13,18H,2H2,1H3,(H,26,28)(H,27,29). The molecule has 3 aromatic rings. The van der Waals surface area contributed by atoms with Crippen LogP contribution in [0.25, 0.3) is 0 Å². The van der Waals surface area contributed by atoms with Crippen molar-refractivity contribution in [1.82, 2.24) is 0 Å². The third-order valence-electron chi connectivity index (χ3n) is 4.24. The monoisotopic (exact) mass is 464 g/mol. The fraction of sp³-hybridized carbons (Fsp3) is 0.182. The number of hydrogen-bond acceptors (Lipinski definition) is 4. The second-order valence-electron chi connectivity index (χ2n) is 6.54. The molecule has 1 atom stereocenters. The van der Waals surface area contributed by atoms with Crippen LogP contribution in [0.5, 0.6) is 0 Å². The summed E-state index contributed by atoms with van der Waals surface area (Å²) in [5, 5.41) is 6.68. The van der Waals surface area contributed by atoms with Crippen LogP contribution in [-0.2, 0) is 11.0 Å². The molecule has 2 amide bonds. The summed E-state index contributed by atoms with van der Waals surface area (Å²) in [5.74, 6) is -0.605. The molecule has 2 aromatic carbocycles. The zero-order valence-electron chi connectivity index (χ0n) is 16.4. The largest absolute Gasteiger partial charge is 0.416 e. The lowest BCUT2D eigenvalue weighted by molar-refractivity contribution is -0.137. The summed E-state index contributed by atoms with van der Waals surface area (Å²) in [4.78, 5) is 26.2. The van der Waals surface area contributed by atoms with Crippen LogP contribution in [0.3, 0.4) is 0 Å². The number of benzene rings is 2. The van der Waals surface area contributed by atoms with Crippen molar-refractivity contribution < 1.29 is 22.8 Å². The second-order valence-corrected chi connectivity index (χ2v) is 8.77. The summed E-state index contributed by atoms with van der Waals surface area (Å²) < 4.78 is 38.7. The maximum Gasteiger partial charge on any atom is 0.416 e. The number of thioether (sulfide) groups is 1. The minimum Gasteiger partial charge on any atom is -0.325 e. The van der Waals surface area contributed by atoms with Crippen molar-refractivity contribution >= 4 is 46.3 Å². The Balaban J connectivity index is 1.66. The van der Waals surface area contributed by atoms with Gasteiger partial charge < -0.3 is 10.6 Å². The summed E-state index contributed by atoms with van der Waals surface area (Å²) in [6.45, 7) is 1.83. The number of amides is 2. The van der Waals surface area contributed by atoms with E-state index in [-0.39, 0.29) is 17.5 Å². The average Bonchev–Trinajstić information content (AvgIpc) is 3.27. The first kappa shape index (κ1) is 22.9. The highest BCUT2D eigenvalue weighted by Gasteiger charge is 2.30. The third-order valence-corrected chi connectivity index (χ3v) is 6.46. The topological polar surface area (TPSA) is 58.2 Å². The number of halogens is 3. The first-order chi connectivity index (χ1) is 14.8. The molecule has 1 unspecified atom stereocenters. The summed E-state index contributed by atoms with van der Waals surface area (Å²) >= 11 is 2.62. The molecule has 2 N–H and O–H groups in total. The van der Waals surface area contributed by atoms with Crippen molar-refractivity contribution in [2.24, 2.45) is 0 Å². The highest BCUT2D eigenvalue weighted by Crippen LogP contribution is 2.32. The molecule has 9 heteroatoms. The van der Waals surface area contributed by atoms with Crippen molar-refractivity contribution in [3.05, 3.63) is 76.5 Å². The summed E-state index contributed by atoms with van der Waals surface area (Å²) in [7, 11) is 0. The van der Waals surface area contributed by atoms with E-state index in [2.05, 4.69) is 10.6 Å². The molecule has 0 radical (unpaired) electrons. The normalized spacial score (nSPS) is 12.3. The fourth-order valence-electron chi connectivity index (χ4n) is 2.73. The predicted octanol–water partition coefficient (Wildman–Crippen LogP) is 6.53. The summed E-state index contributed by atoms with van der Waals surface area (Å²) in [6.07, 6.45) is -4.01. The van der Waals surface area contributed by atoms with Gasteiger partial charge in [-0.25, -0.2) is 0 Å². The first-order valence-corrected chi connectivity index (χ1v) is 11.1. The Hall–Kier alpha value is -2.78. The van der Waals surface area contributed by atoms with Gasteiger partial charge in [-0.1, -0.05) is 25.1 Å². The van der Waals surface area contributed by atoms with Gasteiger partial charge in [-0.05, 0) is 54.3 Å². The number of carbonyl (C=O) groups is 2. The van der Waals surface area contributed by atoms with Gasteiger partial charge in [0.15, 0.2) is 0 Å². The highest BCUT2D eigenvalue weighted by molar-refractivity contribution is 8.00. The molecule has 1 heterocycles. The number of rotatable bonds is 7. The minimum absolute atomic E-state index is 0.0934. The Morgan fingerprint density at radius 2 is 1.71 bits per heavy atom. The summed E-state index contributed by atoms with van der Waals surface area (Å²) in [5.41, 5.74) is -0.132. The predicted molar refractivity (Wildman–Crippen MR) is 119 cm³/mol. The van der Waals surface area contributed by atoms with E-state index in [1.165, 1.54) is 35.2 Å². The van der Waals surface area contributed by atoms with Crippen molar-refractivity contribution in [1.29, 1.82) is 0 Å². The number of alkyl halides is 3. The number of hydrogen-bond donors (Lipinski definition) is 2. The zero-order chi connectivity index (χ0) is 22.4. The quantitative estimate of drug-likeness (QED) is 0.391. The van der Waals surface area contributed by atoms with Crippen molar-refractivity contribution in [2.75, 3.05) is 10.6 Å². The van der Waals surface area contributed by atoms with Gasteiger partial charge in [0.05, 0.1) is 15.7 Å². The van der Waals surface area contributed by atoms with Gasteiger partial charge in [-0.2, -0.15) is 13.2 Å². The molecule has 0 aliphatic carbocycles. The highest BCUT2D eigenvalue weighted by atomic mass is 32.2. The molecule has 3 rings (SSSR count). The SMILES string of the molecule is CCC(Sc1cccc(NC(=O)c2cccs2)c1)C(=O)Nc1cccc(C(F)(F)F)c1. The van der Waals surface area contributed by atoms with Crippen molar-refractivity contribution in [3.8, 4) is 0 Å². The number of nitrogens with one attached hydrogen (secondary N) is 2. The minimum atomic E-state index is -4.48. The number of anilines is 2. The average molecular weight is 465 g/mol. The number of carbonyl (C=O) groups excluding carboxylic acids is 2. The van der Waals surface area contributed by atoms with E-state index in [0.29, 0.717) is 17.0 Å². The fourth-order valence-corrected chi connectivity index (χ4v) is 4.36. The molecular formula is C22H19F3N2O2S2. The Labute approximate surface area is 185 Å².